The average molecular weight is 262 g/mol. The number of ether oxygens (including phenoxy) is 2. The Balaban J connectivity index is 1.97. The Morgan fingerprint density at radius 2 is 2.05 bits per heavy atom. The summed E-state index contributed by atoms with van der Waals surface area (Å²) >= 11 is 0. The van der Waals surface area contributed by atoms with Crippen LogP contribution in [0.25, 0.3) is 0 Å². The second-order valence-electron chi connectivity index (χ2n) is 5.67. The van der Waals surface area contributed by atoms with E-state index < -0.39 is 11.7 Å². The van der Waals surface area contributed by atoms with Gasteiger partial charge in [-0.05, 0) is 31.2 Å². The molecule has 1 N–H and O–H groups in total. The lowest BCUT2D eigenvalue weighted by Gasteiger charge is -2.34. The molecule has 1 aromatic carbocycles. The van der Waals surface area contributed by atoms with E-state index in [1.165, 1.54) is 5.56 Å². The van der Waals surface area contributed by atoms with Crippen molar-refractivity contribution in [1.29, 1.82) is 0 Å². The second kappa shape index (κ2) is 5.14. The fourth-order valence-electron chi connectivity index (χ4n) is 3.48. The number of aryl methyl sites for hydroxylation is 1. The van der Waals surface area contributed by atoms with Crippen LogP contribution >= 0.6 is 0 Å². The molecule has 1 aliphatic heterocycles. The van der Waals surface area contributed by atoms with Crippen LogP contribution < -0.4 is 4.74 Å². The second-order valence-corrected chi connectivity index (χ2v) is 5.67. The van der Waals surface area contributed by atoms with E-state index in [2.05, 4.69) is 6.07 Å². The zero-order valence-electron chi connectivity index (χ0n) is 11.5. The van der Waals surface area contributed by atoms with E-state index in [1.54, 1.807) is 7.11 Å². The van der Waals surface area contributed by atoms with Gasteiger partial charge in [-0.1, -0.05) is 31.0 Å². The predicted octanol–water partition coefficient (Wildman–Crippen LogP) is 3.00. The highest BCUT2D eigenvalue weighted by Crippen LogP contribution is 2.45. The van der Waals surface area contributed by atoms with E-state index in [-0.39, 0.29) is 0 Å². The number of methoxy groups -OCH3 is 1. The van der Waals surface area contributed by atoms with Crippen molar-refractivity contribution < 1.29 is 14.6 Å². The third-order valence-electron chi connectivity index (χ3n) is 4.61. The standard InChI is InChI=1S/C16H22O3/c1-18-16(9-2-3-10-16)15(17)13-8-4-6-12-7-5-11-19-14(12)13/h4,6,8,15,17H,2-3,5,7,9-11H2,1H3. The quantitative estimate of drug-likeness (QED) is 0.910. The summed E-state index contributed by atoms with van der Waals surface area (Å²) in [6, 6.07) is 6.09. The summed E-state index contributed by atoms with van der Waals surface area (Å²) in [6.45, 7) is 0.747. The molecule has 0 radical (unpaired) electrons. The molecule has 0 aromatic heterocycles. The van der Waals surface area contributed by atoms with Crippen LogP contribution in [0.1, 0.15) is 49.3 Å². The molecule has 1 aromatic rings. The molecule has 1 aliphatic carbocycles. The first-order valence-electron chi connectivity index (χ1n) is 7.25. The van der Waals surface area contributed by atoms with Gasteiger partial charge in [0.1, 0.15) is 11.9 Å². The lowest BCUT2D eigenvalue weighted by molar-refractivity contribution is -0.101. The van der Waals surface area contributed by atoms with Gasteiger partial charge in [-0.15, -0.1) is 0 Å². The molecule has 19 heavy (non-hydrogen) atoms. The summed E-state index contributed by atoms with van der Waals surface area (Å²) in [6.07, 6.45) is 5.61. The highest BCUT2D eigenvalue weighted by molar-refractivity contribution is 5.45. The number of benzene rings is 1. The molecule has 0 amide bonds. The number of aliphatic hydroxyl groups is 1. The third-order valence-corrected chi connectivity index (χ3v) is 4.61. The zero-order chi connectivity index (χ0) is 13.3. The molecule has 1 atom stereocenters. The van der Waals surface area contributed by atoms with Crippen LogP contribution in [0.4, 0.5) is 0 Å². The van der Waals surface area contributed by atoms with E-state index >= 15 is 0 Å². The maximum Gasteiger partial charge on any atom is 0.128 e. The lowest BCUT2D eigenvalue weighted by Crippen LogP contribution is -2.36. The predicted molar refractivity (Wildman–Crippen MR) is 73.4 cm³/mol. The van der Waals surface area contributed by atoms with Crippen molar-refractivity contribution in [2.45, 2.75) is 50.2 Å². The fraction of sp³-hybridized carbons (Fsp3) is 0.625. The number of hydrogen-bond acceptors (Lipinski definition) is 3. The van der Waals surface area contributed by atoms with Crippen molar-refractivity contribution in [3.8, 4) is 5.75 Å². The third kappa shape index (κ3) is 2.15. The molecule has 3 heteroatoms. The monoisotopic (exact) mass is 262 g/mol. The molecular formula is C16H22O3. The van der Waals surface area contributed by atoms with Gasteiger partial charge in [-0.25, -0.2) is 0 Å². The lowest BCUT2D eigenvalue weighted by atomic mass is 9.87. The van der Waals surface area contributed by atoms with Crippen LogP contribution in [-0.4, -0.2) is 24.4 Å². The minimum absolute atomic E-state index is 0.421. The molecule has 0 spiro atoms. The van der Waals surface area contributed by atoms with Crippen LogP contribution in [0.2, 0.25) is 0 Å². The Kier molecular flexibility index (Phi) is 3.50. The molecule has 0 saturated heterocycles. The van der Waals surface area contributed by atoms with Crippen molar-refractivity contribution >= 4 is 0 Å². The van der Waals surface area contributed by atoms with Gasteiger partial charge in [0, 0.05) is 12.7 Å². The number of para-hydroxylation sites is 1. The molecule has 1 fully saturated rings. The molecule has 0 bridgehead atoms. The van der Waals surface area contributed by atoms with Crippen molar-refractivity contribution in [2.75, 3.05) is 13.7 Å². The first-order chi connectivity index (χ1) is 9.27. The molecular weight excluding hydrogens is 240 g/mol. The summed E-state index contributed by atoms with van der Waals surface area (Å²) in [5.41, 5.74) is 1.70. The van der Waals surface area contributed by atoms with Crippen molar-refractivity contribution in [3.05, 3.63) is 29.3 Å². The first-order valence-corrected chi connectivity index (χ1v) is 7.25. The molecule has 3 nitrogen and oxygen atoms in total. The summed E-state index contributed by atoms with van der Waals surface area (Å²) in [5.74, 6) is 0.893. The van der Waals surface area contributed by atoms with Crippen LogP contribution in [0.15, 0.2) is 18.2 Å². The highest BCUT2D eigenvalue weighted by Gasteiger charge is 2.43. The van der Waals surface area contributed by atoms with Crippen LogP contribution in [0.5, 0.6) is 5.75 Å². The molecule has 1 heterocycles. The van der Waals surface area contributed by atoms with E-state index in [0.29, 0.717) is 0 Å². The molecule has 1 unspecified atom stereocenters. The molecule has 2 aliphatic rings. The van der Waals surface area contributed by atoms with Crippen molar-refractivity contribution in [2.24, 2.45) is 0 Å². The average Bonchev–Trinajstić information content (AvgIpc) is 2.96. The maximum atomic E-state index is 10.8. The summed E-state index contributed by atoms with van der Waals surface area (Å²) in [5, 5.41) is 10.8. The minimum Gasteiger partial charge on any atom is -0.493 e. The number of rotatable bonds is 3. The van der Waals surface area contributed by atoms with Crippen molar-refractivity contribution in [3.63, 3.8) is 0 Å². The maximum absolute atomic E-state index is 10.8. The largest absolute Gasteiger partial charge is 0.493 e. The Morgan fingerprint density at radius 3 is 2.79 bits per heavy atom. The summed E-state index contributed by atoms with van der Waals surface area (Å²) in [7, 11) is 1.71. The van der Waals surface area contributed by atoms with Gasteiger partial charge < -0.3 is 14.6 Å². The Hall–Kier alpha value is -1.06. The van der Waals surface area contributed by atoms with Gasteiger partial charge in [0.2, 0.25) is 0 Å². The van der Waals surface area contributed by atoms with E-state index in [1.807, 2.05) is 12.1 Å². The SMILES string of the molecule is COC1(C(O)c2cccc3c2OCCC3)CCCC1. The fourth-order valence-corrected chi connectivity index (χ4v) is 3.48. The number of hydrogen-bond donors (Lipinski definition) is 1. The van der Waals surface area contributed by atoms with Gasteiger partial charge in [0.25, 0.3) is 0 Å². The van der Waals surface area contributed by atoms with Crippen LogP contribution in [0.3, 0.4) is 0 Å². The Labute approximate surface area is 114 Å². The van der Waals surface area contributed by atoms with Gasteiger partial charge in [0.15, 0.2) is 0 Å². The van der Waals surface area contributed by atoms with Crippen LogP contribution in [-0.2, 0) is 11.2 Å². The Bertz CT molecular complexity index is 449. The van der Waals surface area contributed by atoms with Crippen molar-refractivity contribution in [1.82, 2.24) is 0 Å². The molecule has 3 rings (SSSR count). The smallest absolute Gasteiger partial charge is 0.128 e. The zero-order valence-corrected chi connectivity index (χ0v) is 11.5. The minimum atomic E-state index is -0.590. The summed E-state index contributed by atoms with van der Waals surface area (Å²) < 4.78 is 11.5. The number of aliphatic hydroxyl groups excluding tert-OH is 1. The van der Waals surface area contributed by atoms with Gasteiger partial charge in [-0.3, -0.25) is 0 Å². The molecule has 104 valence electrons. The van der Waals surface area contributed by atoms with E-state index in [4.69, 9.17) is 9.47 Å². The van der Waals surface area contributed by atoms with Gasteiger partial charge in [0.05, 0.1) is 12.2 Å². The van der Waals surface area contributed by atoms with E-state index in [9.17, 15) is 5.11 Å². The van der Waals surface area contributed by atoms with E-state index in [0.717, 1.165) is 56.4 Å². The number of fused-ring (bicyclic) bond motifs is 1. The Morgan fingerprint density at radius 1 is 1.26 bits per heavy atom. The van der Waals surface area contributed by atoms with Gasteiger partial charge in [-0.2, -0.15) is 0 Å². The van der Waals surface area contributed by atoms with Crippen LogP contribution in [0, 0.1) is 0 Å². The summed E-state index contributed by atoms with van der Waals surface area (Å²) in [4.78, 5) is 0. The topological polar surface area (TPSA) is 38.7 Å². The van der Waals surface area contributed by atoms with Gasteiger partial charge >= 0.3 is 0 Å². The highest BCUT2D eigenvalue weighted by atomic mass is 16.5. The first kappa shape index (κ1) is 12.9. The molecule has 1 saturated carbocycles. The normalized spacial score (nSPS) is 22.6.